The van der Waals surface area contributed by atoms with Crippen molar-refractivity contribution < 1.29 is 14.0 Å². The van der Waals surface area contributed by atoms with E-state index in [0.717, 1.165) is 5.56 Å². The zero-order valence-electron chi connectivity index (χ0n) is 15.5. The lowest BCUT2D eigenvalue weighted by atomic mass is 10.2. The third-order valence-corrected chi connectivity index (χ3v) is 5.53. The molecule has 0 saturated heterocycles. The summed E-state index contributed by atoms with van der Waals surface area (Å²) in [5.41, 5.74) is 1.41. The SMILES string of the molecule is CCn1c(SCc2nc(-c3ccc4c(c3)OCO4)no2)nc2ccccc2c1=O. The van der Waals surface area contributed by atoms with Crippen LogP contribution in [0.15, 0.2) is 56.9 Å². The van der Waals surface area contributed by atoms with Gasteiger partial charge in [0.2, 0.25) is 18.5 Å². The number of hydrogen-bond acceptors (Lipinski definition) is 8. The molecule has 0 radical (unpaired) electrons. The molecule has 2 aromatic heterocycles. The Morgan fingerprint density at radius 2 is 1.97 bits per heavy atom. The molecule has 0 saturated carbocycles. The van der Waals surface area contributed by atoms with Gasteiger partial charge in [0, 0.05) is 12.1 Å². The van der Waals surface area contributed by atoms with Gasteiger partial charge in [0.25, 0.3) is 5.56 Å². The second-order valence-electron chi connectivity index (χ2n) is 6.33. The van der Waals surface area contributed by atoms with Crippen molar-refractivity contribution in [2.24, 2.45) is 0 Å². The zero-order chi connectivity index (χ0) is 19.8. The number of aromatic nitrogens is 4. The first-order valence-corrected chi connectivity index (χ1v) is 10.1. The Morgan fingerprint density at radius 3 is 2.86 bits per heavy atom. The number of nitrogens with zero attached hydrogens (tertiary/aromatic N) is 4. The molecule has 8 nitrogen and oxygen atoms in total. The standard InChI is InChI=1S/C20H16N4O4S/c1-2-24-19(25)13-5-3-4-6-14(13)21-20(24)29-10-17-22-18(23-28-17)12-7-8-15-16(9-12)27-11-26-15/h3-9H,2,10-11H2,1H3. The topological polar surface area (TPSA) is 92.3 Å². The minimum absolute atomic E-state index is 0.0489. The van der Waals surface area contributed by atoms with Gasteiger partial charge in [0.15, 0.2) is 16.7 Å². The number of hydrogen-bond donors (Lipinski definition) is 0. The molecule has 146 valence electrons. The summed E-state index contributed by atoms with van der Waals surface area (Å²) < 4.78 is 17.7. The number of rotatable bonds is 5. The van der Waals surface area contributed by atoms with Crippen molar-refractivity contribution >= 4 is 22.7 Å². The molecule has 9 heteroatoms. The first-order valence-electron chi connectivity index (χ1n) is 9.08. The molecule has 0 atom stereocenters. The van der Waals surface area contributed by atoms with Crippen LogP contribution < -0.4 is 15.0 Å². The third kappa shape index (κ3) is 3.23. The number of fused-ring (bicyclic) bond motifs is 2. The van der Waals surface area contributed by atoms with Crippen LogP contribution in [0.5, 0.6) is 11.5 Å². The molecular weight excluding hydrogens is 392 g/mol. The molecule has 3 heterocycles. The summed E-state index contributed by atoms with van der Waals surface area (Å²) in [5.74, 6) is 2.69. The summed E-state index contributed by atoms with van der Waals surface area (Å²) >= 11 is 1.39. The summed E-state index contributed by atoms with van der Waals surface area (Å²) in [6.45, 7) is 2.67. The van der Waals surface area contributed by atoms with Crippen molar-refractivity contribution in [1.82, 2.24) is 19.7 Å². The van der Waals surface area contributed by atoms with Gasteiger partial charge >= 0.3 is 0 Å². The number of para-hydroxylation sites is 1. The highest BCUT2D eigenvalue weighted by Crippen LogP contribution is 2.35. The Morgan fingerprint density at radius 1 is 1.10 bits per heavy atom. The van der Waals surface area contributed by atoms with E-state index >= 15 is 0 Å². The molecule has 4 aromatic rings. The maximum atomic E-state index is 12.7. The van der Waals surface area contributed by atoms with Crippen LogP contribution in [-0.2, 0) is 12.3 Å². The van der Waals surface area contributed by atoms with Crippen molar-refractivity contribution in [3.8, 4) is 22.9 Å². The Labute approximate surface area is 169 Å². The van der Waals surface area contributed by atoms with Gasteiger partial charge in [-0.05, 0) is 37.3 Å². The van der Waals surface area contributed by atoms with Gasteiger partial charge in [0.1, 0.15) is 0 Å². The molecule has 29 heavy (non-hydrogen) atoms. The minimum Gasteiger partial charge on any atom is -0.454 e. The molecule has 0 fully saturated rings. The van der Waals surface area contributed by atoms with E-state index < -0.39 is 0 Å². The van der Waals surface area contributed by atoms with Crippen LogP contribution in [0.3, 0.4) is 0 Å². The second kappa shape index (κ2) is 7.25. The summed E-state index contributed by atoms with van der Waals surface area (Å²) in [5, 5.41) is 5.29. The van der Waals surface area contributed by atoms with E-state index in [2.05, 4.69) is 15.1 Å². The summed E-state index contributed by atoms with van der Waals surface area (Å²) in [6.07, 6.45) is 0. The molecule has 5 rings (SSSR count). The van der Waals surface area contributed by atoms with E-state index in [1.165, 1.54) is 11.8 Å². The van der Waals surface area contributed by atoms with Gasteiger partial charge in [0.05, 0.1) is 16.7 Å². The number of ether oxygens (including phenoxy) is 2. The lowest BCUT2D eigenvalue weighted by Gasteiger charge is -2.10. The lowest BCUT2D eigenvalue weighted by Crippen LogP contribution is -2.22. The average molecular weight is 408 g/mol. The van der Waals surface area contributed by atoms with E-state index in [0.29, 0.717) is 51.6 Å². The van der Waals surface area contributed by atoms with Crippen molar-refractivity contribution in [3.63, 3.8) is 0 Å². The fourth-order valence-electron chi connectivity index (χ4n) is 3.13. The molecule has 0 amide bonds. The van der Waals surface area contributed by atoms with Crippen molar-refractivity contribution in [2.75, 3.05) is 6.79 Å². The second-order valence-corrected chi connectivity index (χ2v) is 7.27. The number of benzene rings is 2. The quantitative estimate of drug-likeness (QED) is 0.366. The fourth-order valence-corrected chi connectivity index (χ4v) is 4.03. The van der Waals surface area contributed by atoms with Gasteiger partial charge in [-0.1, -0.05) is 29.1 Å². The van der Waals surface area contributed by atoms with Gasteiger partial charge in [-0.25, -0.2) is 4.98 Å². The normalized spacial score (nSPS) is 12.6. The summed E-state index contributed by atoms with van der Waals surface area (Å²) in [7, 11) is 0. The molecule has 0 N–H and O–H groups in total. The Bertz CT molecular complexity index is 1270. The molecule has 0 aliphatic carbocycles. The van der Waals surface area contributed by atoms with Gasteiger partial charge in [-0.2, -0.15) is 4.98 Å². The van der Waals surface area contributed by atoms with E-state index in [1.807, 2.05) is 43.3 Å². The van der Waals surface area contributed by atoms with Crippen LogP contribution in [0, 0.1) is 0 Å². The highest BCUT2D eigenvalue weighted by molar-refractivity contribution is 7.98. The van der Waals surface area contributed by atoms with Gasteiger partial charge in [-0.3, -0.25) is 9.36 Å². The van der Waals surface area contributed by atoms with E-state index in [4.69, 9.17) is 14.0 Å². The minimum atomic E-state index is -0.0489. The highest BCUT2D eigenvalue weighted by atomic mass is 32.2. The third-order valence-electron chi connectivity index (χ3n) is 4.57. The molecular formula is C20H16N4O4S. The summed E-state index contributed by atoms with van der Waals surface area (Å²) in [6, 6.07) is 12.8. The monoisotopic (exact) mass is 408 g/mol. The Balaban J connectivity index is 1.39. The molecule has 2 aromatic carbocycles. The van der Waals surface area contributed by atoms with Crippen molar-refractivity contribution in [3.05, 3.63) is 58.7 Å². The van der Waals surface area contributed by atoms with E-state index in [9.17, 15) is 4.79 Å². The summed E-state index contributed by atoms with van der Waals surface area (Å²) in [4.78, 5) is 21.8. The van der Waals surface area contributed by atoms with E-state index in [-0.39, 0.29) is 12.4 Å². The average Bonchev–Trinajstić information content (AvgIpc) is 3.41. The van der Waals surface area contributed by atoms with E-state index in [1.54, 1.807) is 10.6 Å². The Hall–Kier alpha value is -3.33. The van der Waals surface area contributed by atoms with Crippen LogP contribution in [0.1, 0.15) is 12.8 Å². The molecule has 0 unspecified atom stereocenters. The predicted octanol–water partition coefficient (Wildman–Crippen LogP) is 3.49. The first kappa shape index (κ1) is 17.7. The first-order chi connectivity index (χ1) is 14.2. The highest BCUT2D eigenvalue weighted by Gasteiger charge is 2.17. The van der Waals surface area contributed by atoms with Crippen LogP contribution in [-0.4, -0.2) is 26.5 Å². The predicted molar refractivity (Wildman–Crippen MR) is 107 cm³/mol. The maximum Gasteiger partial charge on any atom is 0.262 e. The molecule has 0 spiro atoms. The molecule has 1 aliphatic heterocycles. The number of thioether (sulfide) groups is 1. The Kier molecular flexibility index (Phi) is 4.44. The van der Waals surface area contributed by atoms with Crippen LogP contribution in [0.25, 0.3) is 22.3 Å². The smallest absolute Gasteiger partial charge is 0.262 e. The molecule has 0 bridgehead atoms. The zero-order valence-corrected chi connectivity index (χ0v) is 16.3. The fraction of sp³-hybridized carbons (Fsp3) is 0.200. The largest absolute Gasteiger partial charge is 0.454 e. The molecule has 1 aliphatic rings. The van der Waals surface area contributed by atoms with Crippen LogP contribution in [0.4, 0.5) is 0 Å². The van der Waals surface area contributed by atoms with Crippen molar-refractivity contribution in [1.29, 1.82) is 0 Å². The van der Waals surface area contributed by atoms with Gasteiger partial charge in [-0.15, -0.1) is 0 Å². The maximum absolute atomic E-state index is 12.7. The van der Waals surface area contributed by atoms with Crippen LogP contribution in [0.2, 0.25) is 0 Å². The van der Waals surface area contributed by atoms with Crippen molar-refractivity contribution in [2.45, 2.75) is 24.4 Å². The van der Waals surface area contributed by atoms with Crippen LogP contribution >= 0.6 is 11.8 Å². The lowest BCUT2D eigenvalue weighted by molar-refractivity contribution is 0.174. The van der Waals surface area contributed by atoms with Gasteiger partial charge < -0.3 is 14.0 Å².